The maximum atomic E-state index is 16.4. The lowest BCUT2D eigenvalue weighted by Gasteiger charge is -2.25. The molecule has 0 bridgehead atoms. The summed E-state index contributed by atoms with van der Waals surface area (Å²) in [5, 5.41) is 10.5. The molecule has 2 aliphatic heterocycles. The number of nitrogens with zero attached hydrogens (tertiary/aromatic N) is 5. The van der Waals surface area contributed by atoms with Gasteiger partial charge in [0.05, 0.1) is 42.0 Å². The fourth-order valence-electron chi connectivity index (χ4n) is 6.54. The normalized spacial score (nSPS) is 23.5. The summed E-state index contributed by atoms with van der Waals surface area (Å²) in [6.45, 7) is 2.07. The molecule has 0 amide bonds. The van der Waals surface area contributed by atoms with Gasteiger partial charge in [-0.3, -0.25) is 4.98 Å². The molecule has 2 atom stereocenters. The van der Waals surface area contributed by atoms with Crippen molar-refractivity contribution in [2.45, 2.75) is 32.0 Å². The van der Waals surface area contributed by atoms with Gasteiger partial charge in [-0.25, -0.2) is 22.5 Å². The number of benzene rings is 1. The number of hydrogen-bond acceptors (Lipinski definition) is 9. The summed E-state index contributed by atoms with van der Waals surface area (Å²) in [6.07, 6.45) is 4.31. The third-order valence-electron chi connectivity index (χ3n) is 9.02. The Morgan fingerprint density at radius 3 is 2.63 bits per heavy atom. The van der Waals surface area contributed by atoms with E-state index in [1.54, 1.807) is 0 Å². The molecule has 0 radical (unpaired) electrons. The molecule has 8 nitrogen and oxygen atoms in total. The Labute approximate surface area is 234 Å². The van der Waals surface area contributed by atoms with Crippen LogP contribution in [0.3, 0.4) is 0 Å². The number of aromatic nitrogens is 3. The highest BCUT2D eigenvalue weighted by Gasteiger charge is 2.71. The molecule has 2 N–H and O–H groups in total. The molecular formula is C28H22F4N6O2S. The SMILES string of the molecule is N#Cc1c(N)sc2c(F)cnc(-c3c4c(c5cnc(OCC6(CN7CC8C(C7)C8(F)F)CC6)nc5c3F)COC4)c12. The number of ether oxygens (including phenoxy) is 2. The Kier molecular flexibility index (Phi) is 5.19. The van der Waals surface area contributed by atoms with E-state index in [0.717, 1.165) is 30.4 Å². The van der Waals surface area contributed by atoms with Crippen LogP contribution in [0.4, 0.5) is 22.6 Å². The number of nitrogens with two attached hydrogens (primary N) is 1. The number of fused-ring (bicyclic) bond motifs is 5. The highest BCUT2D eigenvalue weighted by Crippen LogP contribution is 2.60. The Morgan fingerprint density at radius 2 is 1.90 bits per heavy atom. The van der Waals surface area contributed by atoms with Crippen LogP contribution in [0.1, 0.15) is 29.5 Å². The van der Waals surface area contributed by atoms with Crippen molar-refractivity contribution in [1.82, 2.24) is 19.9 Å². The fourth-order valence-corrected chi connectivity index (χ4v) is 7.46. The Bertz CT molecular complexity index is 1820. The van der Waals surface area contributed by atoms with Gasteiger partial charge < -0.3 is 20.1 Å². The van der Waals surface area contributed by atoms with Crippen LogP contribution in [-0.4, -0.2) is 52.0 Å². The molecule has 0 spiro atoms. The molecule has 2 aliphatic carbocycles. The first-order valence-corrected chi connectivity index (χ1v) is 14.1. The van der Waals surface area contributed by atoms with Crippen LogP contribution in [0.15, 0.2) is 12.4 Å². The molecule has 1 aromatic carbocycles. The quantitative estimate of drug-likeness (QED) is 0.316. The van der Waals surface area contributed by atoms with E-state index in [0.29, 0.717) is 42.8 Å². The highest BCUT2D eigenvalue weighted by atomic mass is 32.1. The van der Waals surface area contributed by atoms with E-state index in [1.165, 1.54) is 6.20 Å². The molecule has 5 heterocycles. The van der Waals surface area contributed by atoms with Gasteiger partial charge in [0.25, 0.3) is 5.92 Å². The smallest absolute Gasteiger partial charge is 0.317 e. The van der Waals surface area contributed by atoms with Crippen LogP contribution in [0.25, 0.3) is 32.2 Å². The maximum Gasteiger partial charge on any atom is 0.317 e. The summed E-state index contributed by atoms with van der Waals surface area (Å²) >= 11 is 0.913. The molecule has 8 rings (SSSR count). The third kappa shape index (κ3) is 3.67. The summed E-state index contributed by atoms with van der Waals surface area (Å²) in [6, 6.07) is 2.00. The number of alkyl halides is 2. The lowest BCUT2D eigenvalue weighted by Crippen LogP contribution is -2.35. The summed E-state index contributed by atoms with van der Waals surface area (Å²) in [7, 11) is 0. The number of thiophene rings is 1. The van der Waals surface area contributed by atoms with E-state index < -0.39 is 29.4 Å². The summed E-state index contributed by atoms with van der Waals surface area (Å²) in [5.41, 5.74) is 7.28. The van der Waals surface area contributed by atoms with Crippen molar-refractivity contribution < 1.29 is 27.0 Å². The van der Waals surface area contributed by atoms with Crippen molar-refractivity contribution in [3.8, 4) is 23.3 Å². The van der Waals surface area contributed by atoms with Crippen molar-refractivity contribution in [1.29, 1.82) is 5.26 Å². The zero-order valence-corrected chi connectivity index (χ0v) is 22.3. The van der Waals surface area contributed by atoms with Crippen molar-refractivity contribution in [2.24, 2.45) is 17.3 Å². The number of likely N-dealkylation sites (tertiary alicyclic amines) is 1. The Balaban J connectivity index is 1.14. The fraction of sp³-hybridized carbons (Fsp3) is 0.429. The molecular weight excluding hydrogens is 560 g/mol. The van der Waals surface area contributed by atoms with E-state index in [4.69, 9.17) is 15.2 Å². The largest absolute Gasteiger partial charge is 0.463 e. The van der Waals surface area contributed by atoms with E-state index in [-0.39, 0.29) is 62.1 Å². The highest BCUT2D eigenvalue weighted by molar-refractivity contribution is 7.23. The topological polar surface area (TPSA) is 110 Å². The molecule has 13 heteroatoms. The van der Waals surface area contributed by atoms with Crippen molar-refractivity contribution >= 4 is 37.3 Å². The Hall–Kier alpha value is -3.60. The molecule has 4 aromatic rings. The van der Waals surface area contributed by atoms with Crippen LogP contribution in [0.5, 0.6) is 6.01 Å². The number of anilines is 1. The van der Waals surface area contributed by atoms with Gasteiger partial charge in [0.1, 0.15) is 16.6 Å². The number of nitriles is 1. The van der Waals surface area contributed by atoms with E-state index in [2.05, 4.69) is 19.9 Å². The van der Waals surface area contributed by atoms with Gasteiger partial charge in [-0.05, 0) is 24.0 Å². The van der Waals surface area contributed by atoms with Crippen molar-refractivity contribution in [3.63, 3.8) is 0 Å². The van der Waals surface area contributed by atoms with Crippen LogP contribution in [0.2, 0.25) is 0 Å². The van der Waals surface area contributed by atoms with Crippen LogP contribution in [0, 0.1) is 40.2 Å². The van der Waals surface area contributed by atoms with Crippen molar-refractivity contribution in [3.05, 3.63) is 40.7 Å². The standard InChI is InChI=1S/C28H22F4N6O2S/c29-18-5-35-23(20-12(3-33)25(34)41-24(18)20)19-15-9-39-8-14(15)13-4-36-26(37-22(13)21(19)30)40-11-27(1-2-27)10-38-6-16-17(7-38)28(16,31)32/h4-5,16-17H,1-2,6-11,34H2. The first-order valence-electron chi connectivity index (χ1n) is 13.3. The van der Waals surface area contributed by atoms with Gasteiger partial charge in [-0.15, -0.1) is 11.3 Å². The predicted octanol–water partition coefficient (Wildman–Crippen LogP) is 5.02. The van der Waals surface area contributed by atoms with Gasteiger partial charge in [-0.1, -0.05) is 0 Å². The van der Waals surface area contributed by atoms with Gasteiger partial charge in [0, 0.05) is 59.4 Å². The molecule has 4 aliphatic rings. The molecule has 3 aromatic heterocycles. The summed E-state index contributed by atoms with van der Waals surface area (Å²) in [5.74, 6) is -4.93. The molecule has 2 saturated carbocycles. The Morgan fingerprint density at radius 1 is 1.15 bits per heavy atom. The molecule has 1 saturated heterocycles. The minimum Gasteiger partial charge on any atom is -0.463 e. The molecule has 2 unspecified atom stereocenters. The predicted molar refractivity (Wildman–Crippen MR) is 141 cm³/mol. The molecule has 3 fully saturated rings. The van der Waals surface area contributed by atoms with Gasteiger partial charge in [0.15, 0.2) is 11.6 Å². The average molecular weight is 583 g/mol. The van der Waals surface area contributed by atoms with Crippen molar-refractivity contribution in [2.75, 3.05) is 32.0 Å². The first-order chi connectivity index (χ1) is 19.7. The van der Waals surface area contributed by atoms with Gasteiger partial charge in [-0.2, -0.15) is 10.2 Å². The van der Waals surface area contributed by atoms with Gasteiger partial charge >= 0.3 is 6.01 Å². The second-order valence-electron chi connectivity index (χ2n) is 11.5. The number of rotatable bonds is 6. The second kappa shape index (κ2) is 8.47. The number of pyridine rings is 1. The molecule has 210 valence electrons. The number of nitrogen functional groups attached to an aromatic ring is 1. The maximum absolute atomic E-state index is 16.4. The number of piperidine rings is 1. The minimum absolute atomic E-state index is 0.00180. The lowest BCUT2D eigenvalue weighted by molar-refractivity contribution is 0.0460. The summed E-state index contributed by atoms with van der Waals surface area (Å²) < 4.78 is 70.0. The average Bonchev–Trinajstić information content (AvgIpc) is 3.47. The second-order valence-corrected chi connectivity index (χ2v) is 12.6. The monoisotopic (exact) mass is 582 g/mol. The van der Waals surface area contributed by atoms with Crippen LogP contribution >= 0.6 is 11.3 Å². The number of halogens is 4. The third-order valence-corrected chi connectivity index (χ3v) is 10.0. The van der Waals surface area contributed by atoms with Crippen LogP contribution in [-0.2, 0) is 18.0 Å². The molecule has 41 heavy (non-hydrogen) atoms. The van der Waals surface area contributed by atoms with E-state index in [1.807, 2.05) is 6.07 Å². The minimum atomic E-state index is -2.52. The lowest BCUT2D eigenvalue weighted by atomic mass is 9.94. The first kappa shape index (κ1) is 25.1. The van der Waals surface area contributed by atoms with E-state index in [9.17, 15) is 18.4 Å². The van der Waals surface area contributed by atoms with Gasteiger partial charge in [0.2, 0.25) is 0 Å². The van der Waals surface area contributed by atoms with E-state index >= 15 is 4.39 Å². The zero-order chi connectivity index (χ0) is 28.3. The van der Waals surface area contributed by atoms with Crippen LogP contribution < -0.4 is 10.5 Å². The zero-order valence-electron chi connectivity index (χ0n) is 21.5. The number of hydrogen-bond donors (Lipinski definition) is 1. The summed E-state index contributed by atoms with van der Waals surface area (Å²) in [4.78, 5) is 15.0.